The molecule has 1 aliphatic carbocycles. The second-order valence-corrected chi connectivity index (χ2v) is 7.47. The van der Waals surface area contributed by atoms with Crippen molar-refractivity contribution in [3.8, 4) is 17.1 Å². The van der Waals surface area contributed by atoms with Crippen LogP contribution >= 0.6 is 0 Å². The second kappa shape index (κ2) is 10.2. The number of para-hydroxylation sites is 1. The standard InChI is InChI=1S/C24H30N4O3/c1-4-17-10-12-18-20(13-11-17)26-22(19-8-6-7-9-21(19)30)27-23(18)28(5-2)15-14-25-24(31)16(3)29/h6-12,16,29-30H,4-5,13-15H2,1-3H3,(H,25,31). The van der Waals surface area contributed by atoms with Crippen LogP contribution in [0, 0.1) is 0 Å². The van der Waals surface area contributed by atoms with Gasteiger partial charge in [-0.1, -0.05) is 36.8 Å². The van der Waals surface area contributed by atoms with Gasteiger partial charge < -0.3 is 20.4 Å². The summed E-state index contributed by atoms with van der Waals surface area (Å²) >= 11 is 0. The number of aliphatic hydroxyl groups is 1. The largest absolute Gasteiger partial charge is 0.507 e. The molecule has 0 radical (unpaired) electrons. The van der Waals surface area contributed by atoms with Gasteiger partial charge in [0.25, 0.3) is 0 Å². The molecule has 1 atom stereocenters. The molecule has 1 aliphatic rings. The first kappa shape index (κ1) is 22.5. The molecule has 1 unspecified atom stereocenters. The summed E-state index contributed by atoms with van der Waals surface area (Å²) in [5, 5.41) is 22.5. The third-order valence-corrected chi connectivity index (χ3v) is 5.32. The lowest BCUT2D eigenvalue weighted by Gasteiger charge is -2.25. The Hall–Kier alpha value is -3.19. The van der Waals surface area contributed by atoms with Crippen LogP contribution < -0.4 is 10.2 Å². The molecule has 3 N–H and O–H groups in total. The number of aliphatic hydroxyl groups excluding tert-OH is 1. The molecule has 0 fully saturated rings. The highest BCUT2D eigenvalue weighted by atomic mass is 16.3. The maximum Gasteiger partial charge on any atom is 0.248 e. The zero-order chi connectivity index (χ0) is 22.4. The van der Waals surface area contributed by atoms with E-state index in [-0.39, 0.29) is 5.75 Å². The van der Waals surface area contributed by atoms with Crippen molar-refractivity contribution in [3.63, 3.8) is 0 Å². The van der Waals surface area contributed by atoms with Gasteiger partial charge >= 0.3 is 0 Å². The molecule has 164 valence electrons. The number of hydrogen-bond acceptors (Lipinski definition) is 6. The Morgan fingerprint density at radius 3 is 2.68 bits per heavy atom. The normalized spacial score (nSPS) is 13.7. The summed E-state index contributed by atoms with van der Waals surface area (Å²) in [5.41, 5.74) is 3.66. The third-order valence-electron chi connectivity index (χ3n) is 5.32. The number of fused-ring (bicyclic) bond motifs is 1. The lowest BCUT2D eigenvalue weighted by molar-refractivity contribution is -0.128. The number of carbonyl (C=O) groups excluding carboxylic acids is 1. The Bertz CT molecular complexity index is 998. The average Bonchev–Trinajstić information content (AvgIpc) is 2.98. The number of nitrogens with zero attached hydrogens (tertiary/aromatic N) is 3. The summed E-state index contributed by atoms with van der Waals surface area (Å²) in [5.74, 6) is 0.970. The minimum absolute atomic E-state index is 0.134. The van der Waals surface area contributed by atoms with Crippen LogP contribution in [0.15, 0.2) is 42.0 Å². The number of anilines is 1. The van der Waals surface area contributed by atoms with E-state index in [1.165, 1.54) is 12.5 Å². The fraction of sp³-hybridized carbons (Fsp3) is 0.375. The first-order chi connectivity index (χ1) is 14.9. The quantitative estimate of drug-likeness (QED) is 0.605. The van der Waals surface area contributed by atoms with E-state index in [1.807, 2.05) is 13.0 Å². The highest BCUT2D eigenvalue weighted by molar-refractivity contribution is 5.80. The molecule has 0 bridgehead atoms. The third kappa shape index (κ3) is 5.30. The van der Waals surface area contributed by atoms with E-state index in [9.17, 15) is 15.0 Å². The zero-order valence-corrected chi connectivity index (χ0v) is 18.3. The summed E-state index contributed by atoms with van der Waals surface area (Å²) in [6.07, 6.45) is 6.90. The molecular weight excluding hydrogens is 392 g/mol. The van der Waals surface area contributed by atoms with Crippen LogP contribution in [-0.2, 0) is 11.2 Å². The molecule has 7 heteroatoms. The van der Waals surface area contributed by atoms with Crippen molar-refractivity contribution < 1.29 is 15.0 Å². The van der Waals surface area contributed by atoms with Crippen molar-refractivity contribution in [1.29, 1.82) is 0 Å². The maximum atomic E-state index is 11.7. The minimum Gasteiger partial charge on any atom is -0.507 e. The molecule has 1 heterocycles. The molecule has 0 aliphatic heterocycles. The zero-order valence-electron chi connectivity index (χ0n) is 18.3. The van der Waals surface area contributed by atoms with Gasteiger partial charge in [-0.3, -0.25) is 4.79 Å². The molecule has 1 aromatic carbocycles. The van der Waals surface area contributed by atoms with Crippen LogP contribution in [0.4, 0.5) is 5.82 Å². The maximum absolute atomic E-state index is 11.7. The first-order valence-electron chi connectivity index (χ1n) is 10.7. The fourth-order valence-electron chi connectivity index (χ4n) is 3.48. The van der Waals surface area contributed by atoms with E-state index in [2.05, 4.69) is 35.4 Å². The van der Waals surface area contributed by atoms with Gasteiger partial charge in [-0.2, -0.15) is 0 Å². The molecule has 7 nitrogen and oxygen atoms in total. The second-order valence-electron chi connectivity index (χ2n) is 7.47. The van der Waals surface area contributed by atoms with Gasteiger partial charge in [0, 0.05) is 31.6 Å². The van der Waals surface area contributed by atoms with Crippen LogP contribution in [0.25, 0.3) is 17.5 Å². The van der Waals surface area contributed by atoms with Crippen molar-refractivity contribution in [1.82, 2.24) is 15.3 Å². The van der Waals surface area contributed by atoms with Crippen molar-refractivity contribution in [2.75, 3.05) is 24.5 Å². The molecule has 0 spiro atoms. The number of carbonyl (C=O) groups is 1. The van der Waals surface area contributed by atoms with E-state index in [0.29, 0.717) is 37.4 Å². The number of hydrogen-bond donors (Lipinski definition) is 3. The number of nitrogens with one attached hydrogen (secondary N) is 1. The number of phenols is 1. The molecular formula is C24H30N4O3. The Morgan fingerprint density at radius 1 is 1.23 bits per heavy atom. The smallest absolute Gasteiger partial charge is 0.248 e. The van der Waals surface area contributed by atoms with Gasteiger partial charge in [-0.05, 0) is 38.5 Å². The number of rotatable bonds is 8. The SMILES string of the molecule is CCC1=CCc2nc(-c3ccccc3O)nc(N(CC)CCNC(=O)C(C)O)c2C=C1. The van der Waals surface area contributed by atoms with Crippen LogP contribution in [0.3, 0.4) is 0 Å². The number of amides is 1. The summed E-state index contributed by atoms with van der Waals surface area (Å²) in [4.78, 5) is 23.4. The minimum atomic E-state index is -1.04. The van der Waals surface area contributed by atoms with Gasteiger partial charge in [-0.25, -0.2) is 9.97 Å². The lowest BCUT2D eigenvalue weighted by Crippen LogP contribution is -2.39. The van der Waals surface area contributed by atoms with Gasteiger partial charge in [0.1, 0.15) is 17.7 Å². The first-order valence-corrected chi connectivity index (χ1v) is 10.7. The molecule has 0 saturated carbocycles. The number of allylic oxidation sites excluding steroid dienone is 3. The predicted octanol–water partition coefficient (Wildman–Crippen LogP) is 3.08. The Labute approximate surface area is 183 Å². The van der Waals surface area contributed by atoms with Gasteiger partial charge in [0.05, 0.1) is 11.3 Å². The highest BCUT2D eigenvalue weighted by Gasteiger charge is 2.20. The lowest BCUT2D eigenvalue weighted by atomic mass is 10.1. The summed E-state index contributed by atoms with van der Waals surface area (Å²) in [6.45, 7) is 7.18. The molecule has 0 saturated heterocycles. The van der Waals surface area contributed by atoms with E-state index >= 15 is 0 Å². The number of phenolic OH excluding ortho intramolecular Hbond substituents is 1. The molecule has 1 amide bonds. The van der Waals surface area contributed by atoms with Crippen LogP contribution in [0.5, 0.6) is 5.75 Å². The summed E-state index contributed by atoms with van der Waals surface area (Å²) < 4.78 is 0. The number of aromatic hydroxyl groups is 1. The van der Waals surface area contributed by atoms with E-state index < -0.39 is 12.0 Å². The number of aromatic nitrogens is 2. The van der Waals surface area contributed by atoms with Crippen LogP contribution in [0.2, 0.25) is 0 Å². The van der Waals surface area contributed by atoms with Crippen LogP contribution in [0.1, 0.15) is 38.4 Å². The van der Waals surface area contributed by atoms with Crippen molar-refractivity contribution in [2.24, 2.45) is 0 Å². The van der Waals surface area contributed by atoms with Gasteiger partial charge in [0.2, 0.25) is 5.91 Å². The topological polar surface area (TPSA) is 98.6 Å². The summed E-state index contributed by atoms with van der Waals surface area (Å²) in [6, 6.07) is 7.05. The van der Waals surface area contributed by atoms with Crippen molar-refractivity contribution in [2.45, 2.75) is 39.7 Å². The Morgan fingerprint density at radius 2 is 2.00 bits per heavy atom. The highest BCUT2D eigenvalue weighted by Crippen LogP contribution is 2.32. The fourth-order valence-corrected chi connectivity index (χ4v) is 3.48. The van der Waals surface area contributed by atoms with E-state index in [0.717, 1.165) is 23.5 Å². The van der Waals surface area contributed by atoms with E-state index in [1.54, 1.807) is 18.2 Å². The Kier molecular flexibility index (Phi) is 7.41. The van der Waals surface area contributed by atoms with Gasteiger partial charge in [0.15, 0.2) is 5.82 Å². The van der Waals surface area contributed by atoms with Crippen molar-refractivity contribution >= 4 is 17.8 Å². The number of likely N-dealkylation sites (N-methyl/N-ethyl adjacent to an activating group) is 1. The molecule has 31 heavy (non-hydrogen) atoms. The van der Waals surface area contributed by atoms with Crippen LogP contribution in [-0.4, -0.2) is 51.8 Å². The average molecular weight is 423 g/mol. The van der Waals surface area contributed by atoms with Crippen molar-refractivity contribution in [3.05, 3.63) is 53.2 Å². The molecule has 1 aromatic heterocycles. The summed E-state index contributed by atoms with van der Waals surface area (Å²) in [7, 11) is 0. The monoisotopic (exact) mass is 422 g/mol. The molecule has 3 rings (SSSR count). The van der Waals surface area contributed by atoms with E-state index in [4.69, 9.17) is 9.97 Å². The van der Waals surface area contributed by atoms with Gasteiger partial charge in [-0.15, -0.1) is 0 Å². The molecule has 2 aromatic rings. The number of benzene rings is 1. The predicted molar refractivity (Wildman–Crippen MR) is 123 cm³/mol. The Balaban J connectivity index is 2.01.